The van der Waals surface area contributed by atoms with Crippen LogP contribution in [-0.4, -0.2) is 27.4 Å². The van der Waals surface area contributed by atoms with Gasteiger partial charge in [-0.1, -0.05) is 44.2 Å². The molecule has 84 valence electrons. The summed E-state index contributed by atoms with van der Waals surface area (Å²) in [6.45, 7) is 9.44. The second kappa shape index (κ2) is 9.99. The van der Waals surface area contributed by atoms with Gasteiger partial charge in [0.1, 0.15) is 6.29 Å². The average Bonchev–Trinajstić information content (AvgIpc) is 2.15. The minimum atomic E-state index is -0.959. The van der Waals surface area contributed by atoms with E-state index in [1.165, 1.54) is 23.4 Å². The van der Waals surface area contributed by atoms with Gasteiger partial charge in [0.15, 0.2) is 0 Å². The van der Waals surface area contributed by atoms with Crippen molar-refractivity contribution in [3.05, 3.63) is 0 Å². The summed E-state index contributed by atoms with van der Waals surface area (Å²) in [5, 5.41) is 2.57. The molecule has 0 rings (SSSR count). The van der Waals surface area contributed by atoms with Gasteiger partial charge >= 0.3 is 14.5 Å². The van der Waals surface area contributed by atoms with Gasteiger partial charge in [-0.3, -0.25) is 0 Å². The van der Waals surface area contributed by atoms with Crippen LogP contribution in [0, 0.1) is 0 Å². The second-order valence-electron chi connectivity index (χ2n) is 3.77. The Morgan fingerprint density at radius 3 is 2.00 bits per heavy atom. The minimum Gasteiger partial charge on any atom is -0.478 e. The Labute approximate surface area is 93.7 Å². The van der Waals surface area contributed by atoms with Crippen LogP contribution in [0.5, 0.6) is 0 Å². The molecule has 1 unspecified atom stereocenters. The first-order valence-electron chi connectivity index (χ1n) is 6.01. The molecule has 0 aliphatic rings. The summed E-state index contributed by atoms with van der Waals surface area (Å²) in [5.41, 5.74) is 0. The van der Waals surface area contributed by atoms with E-state index in [1.807, 2.05) is 6.92 Å². The molecule has 0 spiro atoms. The fourth-order valence-corrected chi connectivity index (χ4v) is 3.99. The van der Waals surface area contributed by atoms with Gasteiger partial charge in [-0.15, -0.1) is 0 Å². The number of hydrogen-bond acceptors (Lipinski definition) is 2. The van der Waals surface area contributed by atoms with Crippen molar-refractivity contribution in [3.8, 4) is 0 Å². The van der Waals surface area contributed by atoms with E-state index in [0.29, 0.717) is 0 Å². The molecule has 0 radical (unpaired) electrons. The van der Waals surface area contributed by atoms with Crippen LogP contribution < -0.4 is 0 Å². The lowest BCUT2D eigenvalue weighted by Crippen LogP contribution is -2.25. The summed E-state index contributed by atoms with van der Waals surface area (Å²) in [5.74, 6) is 0. The standard InChI is InChI=1S/C5H11O2.2C3H7.Al/c1-3-4-7-5(2)6;2*1-3-2;/h5H,3-4H2,1-2H3;2*1,3H2,2H3;/q-1;;;+1. The molecule has 0 aliphatic heterocycles. The molecular formula is C11H25AlO2. The Balaban J connectivity index is 3.64. The number of hydrogen-bond donors (Lipinski definition) is 0. The quantitative estimate of drug-likeness (QED) is 0.433. The van der Waals surface area contributed by atoms with Gasteiger partial charge in [0, 0.05) is 6.61 Å². The first kappa shape index (κ1) is 14.5. The molecule has 0 aromatic heterocycles. The lowest BCUT2D eigenvalue weighted by molar-refractivity contribution is -0.0694. The summed E-state index contributed by atoms with van der Waals surface area (Å²) in [6, 6.07) is 0. The lowest BCUT2D eigenvalue weighted by atomic mass is 10.5. The van der Waals surface area contributed by atoms with E-state index < -0.39 is 14.5 Å². The maximum absolute atomic E-state index is 5.95. The Morgan fingerprint density at radius 2 is 1.57 bits per heavy atom. The molecule has 1 atom stereocenters. The van der Waals surface area contributed by atoms with Gasteiger partial charge in [0.25, 0.3) is 0 Å². The molecule has 0 saturated carbocycles. The van der Waals surface area contributed by atoms with Crippen LogP contribution in [0.4, 0.5) is 0 Å². The minimum absolute atomic E-state index is 0.0183. The first-order valence-corrected chi connectivity index (χ1v) is 8.12. The molecule has 0 amide bonds. The summed E-state index contributed by atoms with van der Waals surface area (Å²) >= 11 is -0.959. The summed E-state index contributed by atoms with van der Waals surface area (Å²) in [6.07, 6.45) is 3.58. The highest BCUT2D eigenvalue weighted by Gasteiger charge is 2.20. The van der Waals surface area contributed by atoms with Crippen LogP contribution in [0.25, 0.3) is 0 Å². The molecule has 0 saturated heterocycles. The van der Waals surface area contributed by atoms with Crippen molar-refractivity contribution in [1.29, 1.82) is 0 Å². The van der Waals surface area contributed by atoms with E-state index in [9.17, 15) is 0 Å². The SMILES string of the molecule is CCCOC(C)[O][Al]([CH2]CC)[CH2]CC. The number of rotatable bonds is 9. The van der Waals surface area contributed by atoms with E-state index in [0.717, 1.165) is 13.0 Å². The predicted octanol–water partition coefficient (Wildman–Crippen LogP) is 3.59. The molecule has 14 heavy (non-hydrogen) atoms. The van der Waals surface area contributed by atoms with Crippen LogP contribution in [0.2, 0.25) is 10.6 Å². The Hall–Kier alpha value is 0.452. The van der Waals surface area contributed by atoms with Gasteiger partial charge < -0.3 is 8.53 Å². The highest BCUT2D eigenvalue weighted by Crippen LogP contribution is 2.10. The van der Waals surface area contributed by atoms with Crippen molar-refractivity contribution in [1.82, 2.24) is 0 Å². The maximum atomic E-state index is 5.95. The van der Waals surface area contributed by atoms with Crippen LogP contribution in [0.3, 0.4) is 0 Å². The zero-order valence-corrected chi connectivity index (χ0v) is 11.4. The normalized spacial score (nSPS) is 12.9. The highest BCUT2D eigenvalue weighted by atomic mass is 27.2. The molecular weight excluding hydrogens is 191 g/mol. The molecule has 3 heteroatoms. The largest absolute Gasteiger partial charge is 0.478 e. The Kier molecular flexibility index (Phi) is 10.3. The van der Waals surface area contributed by atoms with E-state index in [4.69, 9.17) is 8.53 Å². The van der Waals surface area contributed by atoms with Crippen molar-refractivity contribution in [2.24, 2.45) is 0 Å². The summed E-state index contributed by atoms with van der Waals surface area (Å²) in [4.78, 5) is 0. The van der Waals surface area contributed by atoms with Gasteiger partial charge in [-0.05, 0) is 13.3 Å². The average molecular weight is 216 g/mol. The first-order chi connectivity index (χ1) is 6.74. The molecule has 0 aromatic rings. The second-order valence-corrected chi connectivity index (χ2v) is 6.44. The van der Waals surface area contributed by atoms with Crippen molar-refractivity contribution >= 4 is 14.5 Å². The smallest absolute Gasteiger partial charge is 0.462 e. The Bertz CT molecular complexity index is 114. The van der Waals surface area contributed by atoms with Crippen LogP contribution >= 0.6 is 0 Å². The van der Waals surface area contributed by atoms with Gasteiger partial charge in [-0.2, -0.15) is 0 Å². The molecule has 0 N–H and O–H groups in total. The fraction of sp³-hybridized carbons (Fsp3) is 1.00. The molecule has 0 aliphatic carbocycles. The molecule has 0 bridgehead atoms. The summed E-state index contributed by atoms with van der Waals surface area (Å²) in [7, 11) is 0. The lowest BCUT2D eigenvalue weighted by Gasteiger charge is -2.19. The van der Waals surface area contributed by atoms with Crippen molar-refractivity contribution in [3.63, 3.8) is 0 Å². The van der Waals surface area contributed by atoms with Crippen LogP contribution in [0.1, 0.15) is 47.0 Å². The third-order valence-electron chi connectivity index (χ3n) is 2.16. The van der Waals surface area contributed by atoms with E-state index >= 15 is 0 Å². The fourth-order valence-electron chi connectivity index (χ4n) is 1.52. The third kappa shape index (κ3) is 7.82. The third-order valence-corrected chi connectivity index (χ3v) is 5.37. The van der Waals surface area contributed by atoms with Crippen molar-refractivity contribution in [2.45, 2.75) is 63.8 Å². The maximum Gasteiger partial charge on any atom is 0.462 e. The topological polar surface area (TPSA) is 18.5 Å². The highest BCUT2D eigenvalue weighted by molar-refractivity contribution is 6.51. The van der Waals surface area contributed by atoms with Crippen LogP contribution in [0.15, 0.2) is 0 Å². The summed E-state index contributed by atoms with van der Waals surface area (Å²) < 4.78 is 11.5. The zero-order valence-electron chi connectivity index (χ0n) is 10.2. The van der Waals surface area contributed by atoms with Gasteiger partial charge in [-0.25, -0.2) is 0 Å². The van der Waals surface area contributed by atoms with Gasteiger partial charge in [0.2, 0.25) is 0 Å². The number of ether oxygens (including phenoxy) is 1. The monoisotopic (exact) mass is 216 g/mol. The Morgan fingerprint density at radius 1 is 1.00 bits per heavy atom. The van der Waals surface area contributed by atoms with E-state index in [1.54, 1.807) is 0 Å². The molecule has 0 aromatic carbocycles. The van der Waals surface area contributed by atoms with Crippen molar-refractivity contribution < 1.29 is 8.53 Å². The molecule has 0 fully saturated rings. The molecule has 2 nitrogen and oxygen atoms in total. The van der Waals surface area contributed by atoms with Gasteiger partial charge in [0.05, 0.1) is 0 Å². The zero-order chi connectivity index (χ0) is 10.8. The van der Waals surface area contributed by atoms with E-state index in [-0.39, 0.29) is 6.29 Å². The van der Waals surface area contributed by atoms with E-state index in [2.05, 4.69) is 20.8 Å². The van der Waals surface area contributed by atoms with Crippen LogP contribution in [-0.2, 0) is 8.53 Å². The predicted molar refractivity (Wildman–Crippen MR) is 62.7 cm³/mol. The molecule has 0 heterocycles. The van der Waals surface area contributed by atoms with Crippen molar-refractivity contribution in [2.75, 3.05) is 6.61 Å².